The van der Waals surface area contributed by atoms with E-state index < -0.39 is 0 Å². The van der Waals surface area contributed by atoms with E-state index in [1.807, 2.05) is 30.3 Å². The molecular weight excluding hydrogens is 306 g/mol. The van der Waals surface area contributed by atoms with Gasteiger partial charge < -0.3 is 10.7 Å². The van der Waals surface area contributed by atoms with Crippen LogP contribution in [0, 0.1) is 0 Å². The van der Waals surface area contributed by atoms with Gasteiger partial charge in [0, 0.05) is 21.4 Å². The van der Waals surface area contributed by atoms with Crippen LogP contribution in [0.15, 0.2) is 52.4 Å². The van der Waals surface area contributed by atoms with Crippen LogP contribution in [0.2, 0.25) is 5.02 Å². The summed E-state index contributed by atoms with van der Waals surface area (Å²) in [7, 11) is 0. The van der Waals surface area contributed by atoms with Gasteiger partial charge in [0.05, 0.1) is 17.2 Å². The van der Waals surface area contributed by atoms with E-state index in [1.165, 1.54) is 6.33 Å². The Labute approximate surface area is 130 Å². The molecule has 0 atom stereocenters. The monoisotopic (exact) mass is 317 g/mol. The molecule has 0 fully saturated rings. The lowest BCUT2D eigenvalue weighted by Crippen LogP contribution is -2.07. The number of halogens is 1. The molecule has 0 aliphatic carbocycles. The highest BCUT2D eigenvalue weighted by Gasteiger charge is 2.08. The van der Waals surface area contributed by atoms with Gasteiger partial charge in [-0.25, -0.2) is 4.98 Å². The molecule has 3 aromatic rings. The Hall–Kier alpha value is -1.98. The van der Waals surface area contributed by atoms with Crippen LogP contribution in [-0.4, -0.2) is 9.97 Å². The quantitative estimate of drug-likeness (QED) is 0.573. The highest BCUT2D eigenvalue weighted by Crippen LogP contribution is 2.32. The summed E-state index contributed by atoms with van der Waals surface area (Å²) in [5, 5.41) is 1.23. The van der Waals surface area contributed by atoms with E-state index in [2.05, 4.69) is 9.97 Å². The number of H-pyrrole nitrogens is 1. The van der Waals surface area contributed by atoms with Gasteiger partial charge in [0.1, 0.15) is 0 Å². The number of anilines is 1. The van der Waals surface area contributed by atoms with Gasteiger partial charge in [0.25, 0.3) is 5.56 Å². The number of hydrogen-bond acceptors (Lipinski definition) is 4. The minimum absolute atomic E-state index is 0.186. The number of aromatic nitrogens is 2. The maximum Gasteiger partial charge on any atom is 0.258 e. The Kier molecular flexibility index (Phi) is 3.86. The van der Waals surface area contributed by atoms with Crippen LogP contribution in [0.3, 0.4) is 0 Å². The molecule has 0 aliphatic heterocycles. The first-order valence-corrected chi connectivity index (χ1v) is 7.64. The Morgan fingerprint density at radius 3 is 2.90 bits per heavy atom. The molecule has 0 spiro atoms. The molecule has 3 rings (SSSR count). The molecule has 2 aromatic carbocycles. The van der Waals surface area contributed by atoms with E-state index in [0.717, 1.165) is 15.5 Å². The Morgan fingerprint density at radius 2 is 2.10 bits per heavy atom. The van der Waals surface area contributed by atoms with Crippen LogP contribution in [0.4, 0.5) is 5.69 Å². The SMILES string of the molecule is Nc1cc2c(=O)[nH]cnc2cc1SCc1ccccc1Cl. The Bertz CT molecular complexity index is 863. The molecule has 0 aliphatic rings. The van der Waals surface area contributed by atoms with Crippen molar-refractivity contribution in [1.82, 2.24) is 9.97 Å². The molecule has 0 saturated heterocycles. The lowest BCUT2D eigenvalue weighted by molar-refractivity contribution is 1.17. The molecule has 0 unspecified atom stereocenters. The minimum atomic E-state index is -0.186. The molecule has 106 valence electrons. The van der Waals surface area contributed by atoms with E-state index >= 15 is 0 Å². The van der Waals surface area contributed by atoms with Gasteiger partial charge in [-0.1, -0.05) is 29.8 Å². The van der Waals surface area contributed by atoms with Crippen molar-refractivity contribution in [3.05, 3.63) is 63.7 Å². The third-order valence-electron chi connectivity index (χ3n) is 3.11. The van der Waals surface area contributed by atoms with Crippen molar-refractivity contribution in [3.8, 4) is 0 Å². The Balaban J connectivity index is 1.93. The van der Waals surface area contributed by atoms with E-state index in [0.29, 0.717) is 22.3 Å². The number of benzene rings is 2. The van der Waals surface area contributed by atoms with Crippen LogP contribution < -0.4 is 11.3 Å². The highest BCUT2D eigenvalue weighted by atomic mass is 35.5. The smallest absolute Gasteiger partial charge is 0.258 e. The first-order valence-electron chi connectivity index (χ1n) is 6.28. The van der Waals surface area contributed by atoms with Crippen molar-refractivity contribution in [3.63, 3.8) is 0 Å². The van der Waals surface area contributed by atoms with E-state index in [9.17, 15) is 4.79 Å². The summed E-state index contributed by atoms with van der Waals surface area (Å²) < 4.78 is 0. The van der Waals surface area contributed by atoms with Crippen LogP contribution in [-0.2, 0) is 5.75 Å². The highest BCUT2D eigenvalue weighted by molar-refractivity contribution is 7.98. The zero-order valence-corrected chi connectivity index (χ0v) is 12.5. The predicted octanol–water partition coefficient (Wildman–Crippen LogP) is 3.45. The summed E-state index contributed by atoms with van der Waals surface area (Å²) in [5.74, 6) is 0.707. The normalized spacial score (nSPS) is 10.9. The maximum absolute atomic E-state index is 11.7. The van der Waals surface area contributed by atoms with Gasteiger partial charge >= 0.3 is 0 Å². The van der Waals surface area contributed by atoms with Crippen molar-refractivity contribution >= 4 is 40.0 Å². The summed E-state index contributed by atoms with van der Waals surface area (Å²) in [6, 6.07) is 11.2. The van der Waals surface area contributed by atoms with Crippen LogP contribution in [0.1, 0.15) is 5.56 Å². The standard InChI is InChI=1S/C15H12ClN3OS/c16-11-4-2-1-3-9(11)7-21-14-6-13-10(5-12(14)17)15(20)19-8-18-13/h1-6,8H,7,17H2,(H,18,19,20). The molecule has 6 heteroatoms. The molecule has 1 aromatic heterocycles. The fourth-order valence-electron chi connectivity index (χ4n) is 2.01. The zero-order valence-electron chi connectivity index (χ0n) is 11.0. The third kappa shape index (κ3) is 2.89. The lowest BCUT2D eigenvalue weighted by atomic mass is 10.2. The summed E-state index contributed by atoms with van der Waals surface area (Å²) in [6.07, 6.45) is 1.39. The van der Waals surface area contributed by atoms with Gasteiger partial charge in [-0.05, 0) is 23.8 Å². The fourth-order valence-corrected chi connectivity index (χ4v) is 3.27. The van der Waals surface area contributed by atoms with Gasteiger partial charge in [-0.15, -0.1) is 11.8 Å². The summed E-state index contributed by atoms with van der Waals surface area (Å²) in [4.78, 5) is 19.3. The molecule has 1 heterocycles. The molecule has 4 nitrogen and oxygen atoms in total. The van der Waals surface area contributed by atoms with Crippen LogP contribution in [0.5, 0.6) is 0 Å². The number of fused-ring (bicyclic) bond motifs is 1. The summed E-state index contributed by atoms with van der Waals surface area (Å²) >= 11 is 7.72. The average molecular weight is 318 g/mol. The number of hydrogen-bond donors (Lipinski definition) is 2. The van der Waals surface area contributed by atoms with E-state index in [1.54, 1.807) is 17.8 Å². The zero-order chi connectivity index (χ0) is 14.8. The van der Waals surface area contributed by atoms with Crippen molar-refractivity contribution < 1.29 is 0 Å². The molecule has 0 amide bonds. The first-order chi connectivity index (χ1) is 10.1. The number of nitrogen functional groups attached to an aromatic ring is 1. The fraction of sp³-hybridized carbons (Fsp3) is 0.0667. The number of nitrogens with one attached hydrogen (secondary N) is 1. The predicted molar refractivity (Wildman–Crippen MR) is 87.8 cm³/mol. The number of rotatable bonds is 3. The van der Waals surface area contributed by atoms with Gasteiger partial charge in [0.2, 0.25) is 0 Å². The molecule has 3 N–H and O–H groups in total. The molecule has 21 heavy (non-hydrogen) atoms. The molecular formula is C15H12ClN3OS. The Morgan fingerprint density at radius 1 is 1.29 bits per heavy atom. The third-order valence-corrected chi connectivity index (χ3v) is 4.60. The second kappa shape index (κ2) is 5.79. The topological polar surface area (TPSA) is 71.8 Å². The van der Waals surface area contributed by atoms with E-state index in [4.69, 9.17) is 17.3 Å². The summed E-state index contributed by atoms with van der Waals surface area (Å²) in [5.41, 5.74) is 8.08. The van der Waals surface area contributed by atoms with Crippen LogP contribution in [0.25, 0.3) is 10.9 Å². The second-order valence-corrected chi connectivity index (χ2v) is 5.94. The second-order valence-electron chi connectivity index (χ2n) is 4.52. The number of thioether (sulfide) groups is 1. The molecule has 0 radical (unpaired) electrons. The van der Waals surface area contributed by atoms with Crippen molar-refractivity contribution in [1.29, 1.82) is 0 Å². The van der Waals surface area contributed by atoms with Crippen LogP contribution >= 0.6 is 23.4 Å². The maximum atomic E-state index is 11.7. The molecule has 0 saturated carbocycles. The van der Waals surface area contributed by atoms with Crippen molar-refractivity contribution in [2.24, 2.45) is 0 Å². The lowest BCUT2D eigenvalue weighted by Gasteiger charge is -2.08. The van der Waals surface area contributed by atoms with Gasteiger partial charge in [-0.3, -0.25) is 4.79 Å². The largest absolute Gasteiger partial charge is 0.398 e. The summed E-state index contributed by atoms with van der Waals surface area (Å²) in [6.45, 7) is 0. The van der Waals surface area contributed by atoms with Gasteiger partial charge in [-0.2, -0.15) is 0 Å². The van der Waals surface area contributed by atoms with Crippen molar-refractivity contribution in [2.75, 3.05) is 5.73 Å². The van der Waals surface area contributed by atoms with Crippen molar-refractivity contribution in [2.45, 2.75) is 10.6 Å². The minimum Gasteiger partial charge on any atom is -0.398 e. The number of nitrogens with zero attached hydrogens (tertiary/aromatic N) is 1. The van der Waals surface area contributed by atoms with E-state index in [-0.39, 0.29) is 5.56 Å². The van der Waals surface area contributed by atoms with Gasteiger partial charge in [0.15, 0.2) is 0 Å². The first kappa shape index (κ1) is 14.0. The average Bonchev–Trinajstić information content (AvgIpc) is 2.48. The molecule has 0 bridgehead atoms. The number of aromatic amines is 1. The number of nitrogens with two attached hydrogens (primary N) is 1.